The zero-order valence-electron chi connectivity index (χ0n) is 14.6. The highest BCUT2D eigenvalue weighted by atomic mass is 32.1. The van der Waals surface area contributed by atoms with Crippen LogP contribution in [0.5, 0.6) is 0 Å². The van der Waals surface area contributed by atoms with Crippen molar-refractivity contribution in [2.75, 3.05) is 37.0 Å². The molecule has 0 aliphatic carbocycles. The lowest BCUT2D eigenvalue weighted by atomic mass is 9.92. The van der Waals surface area contributed by atoms with Crippen LogP contribution in [0, 0.1) is 5.92 Å². The van der Waals surface area contributed by atoms with Crippen LogP contribution in [0.25, 0.3) is 0 Å². The van der Waals surface area contributed by atoms with Gasteiger partial charge < -0.3 is 15.0 Å². The molecule has 1 fully saturated rings. The van der Waals surface area contributed by atoms with Gasteiger partial charge in [-0.3, -0.25) is 0 Å². The summed E-state index contributed by atoms with van der Waals surface area (Å²) >= 11 is 1.38. The summed E-state index contributed by atoms with van der Waals surface area (Å²) in [7, 11) is 1.65. The van der Waals surface area contributed by atoms with E-state index in [-0.39, 0.29) is 5.41 Å². The van der Waals surface area contributed by atoms with Gasteiger partial charge in [-0.15, -0.1) is 5.10 Å². The molecule has 1 N–H and O–H groups in total. The fourth-order valence-electron chi connectivity index (χ4n) is 2.53. The molecule has 1 aliphatic heterocycles. The number of nitrogens with one attached hydrogen (secondary N) is 1. The fraction of sp³-hybridized carbons (Fsp3) is 0.625. The van der Waals surface area contributed by atoms with Crippen molar-refractivity contribution >= 4 is 22.5 Å². The van der Waals surface area contributed by atoms with Crippen LogP contribution in [0.1, 0.15) is 32.3 Å². The SMILES string of the molecule is COCc1nsc(NCC2CN(c3ccc(C(C)(C)C)nn3)C2)n1. The fourth-order valence-corrected chi connectivity index (χ4v) is 3.10. The molecule has 0 aromatic carbocycles. The third-order valence-electron chi connectivity index (χ3n) is 3.98. The van der Waals surface area contributed by atoms with E-state index in [4.69, 9.17) is 4.74 Å². The van der Waals surface area contributed by atoms with Crippen LogP contribution in [-0.2, 0) is 16.8 Å². The molecule has 1 aliphatic rings. The zero-order valence-corrected chi connectivity index (χ0v) is 15.4. The van der Waals surface area contributed by atoms with E-state index in [0.29, 0.717) is 12.5 Å². The summed E-state index contributed by atoms with van der Waals surface area (Å²) in [6, 6.07) is 4.14. The van der Waals surface area contributed by atoms with Gasteiger partial charge in [-0.25, -0.2) is 4.98 Å². The summed E-state index contributed by atoms with van der Waals surface area (Å²) in [5.41, 5.74) is 1.06. The molecule has 3 rings (SSSR count). The van der Waals surface area contributed by atoms with Gasteiger partial charge in [-0.2, -0.15) is 9.47 Å². The van der Waals surface area contributed by atoms with E-state index in [1.165, 1.54) is 11.5 Å². The third kappa shape index (κ3) is 3.99. The maximum Gasteiger partial charge on any atom is 0.202 e. The van der Waals surface area contributed by atoms with E-state index < -0.39 is 0 Å². The number of nitrogens with zero attached hydrogens (tertiary/aromatic N) is 5. The molecule has 1 saturated heterocycles. The number of ether oxygens (including phenoxy) is 1. The molecule has 0 bridgehead atoms. The first kappa shape index (κ1) is 17.0. The Kier molecular flexibility index (Phi) is 4.96. The third-order valence-corrected chi connectivity index (χ3v) is 4.69. The second kappa shape index (κ2) is 6.98. The molecular formula is C16H24N6OS. The zero-order chi connectivity index (χ0) is 17.2. The maximum absolute atomic E-state index is 5.03. The van der Waals surface area contributed by atoms with Crippen LogP contribution in [0.3, 0.4) is 0 Å². The Balaban J connectivity index is 1.45. The minimum Gasteiger partial charge on any atom is -0.377 e. The molecule has 3 heterocycles. The number of hydrogen-bond acceptors (Lipinski definition) is 8. The molecule has 2 aromatic heterocycles. The Morgan fingerprint density at radius 2 is 2.08 bits per heavy atom. The number of rotatable bonds is 6. The van der Waals surface area contributed by atoms with Crippen molar-refractivity contribution in [3.8, 4) is 0 Å². The van der Waals surface area contributed by atoms with Crippen molar-refractivity contribution in [3.63, 3.8) is 0 Å². The lowest BCUT2D eigenvalue weighted by Gasteiger charge is -2.40. The summed E-state index contributed by atoms with van der Waals surface area (Å²) < 4.78 is 9.26. The highest BCUT2D eigenvalue weighted by molar-refractivity contribution is 7.09. The van der Waals surface area contributed by atoms with Crippen LogP contribution < -0.4 is 10.2 Å². The molecule has 0 spiro atoms. The van der Waals surface area contributed by atoms with Gasteiger partial charge in [0.2, 0.25) is 5.13 Å². The predicted molar refractivity (Wildman–Crippen MR) is 95.5 cm³/mol. The van der Waals surface area contributed by atoms with Crippen LogP contribution in [0.15, 0.2) is 12.1 Å². The van der Waals surface area contributed by atoms with Crippen molar-refractivity contribution in [1.82, 2.24) is 19.6 Å². The first-order valence-corrected chi connectivity index (χ1v) is 8.87. The van der Waals surface area contributed by atoms with Gasteiger partial charge in [-0.05, 0) is 12.1 Å². The molecule has 130 valence electrons. The Bertz CT molecular complexity index is 660. The summed E-state index contributed by atoms with van der Waals surface area (Å²) in [6.07, 6.45) is 0. The maximum atomic E-state index is 5.03. The number of anilines is 2. The lowest BCUT2D eigenvalue weighted by Crippen LogP contribution is -2.50. The first-order valence-electron chi connectivity index (χ1n) is 8.10. The molecule has 0 radical (unpaired) electrons. The minimum absolute atomic E-state index is 0.0380. The van der Waals surface area contributed by atoms with Crippen LogP contribution in [0.4, 0.5) is 10.9 Å². The Morgan fingerprint density at radius 1 is 1.29 bits per heavy atom. The molecule has 24 heavy (non-hydrogen) atoms. The average Bonchev–Trinajstić information content (AvgIpc) is 2.93. The molecule has 7 nitrogen and oxygen atoms in total. The van der Waals surface area contributed by atoms with E-state index in [9.17, 15) is 0 Å². The summed E-state index contributed by atoms with van der Waals surface area (Å²) in [5, 5.41) is 12.9. The Hall–Kier alpha value is -1.80. The van der Waals surface area contributed by atoms with Gasteiger partial charge in [0.25, 0.3) is 0 Å². The Labute approximate surface area is 146 Å². The molecule has 0 unspecified atom stereocenters. The number of aromatic nitrogens is 4. The van der Waals surface area contributed by atoms with E-state index in [1.807, 2.05) is 0 Å². The Morgan fingerprint density at radius 3 is 2.71 bits per heavy atom. The van der Waals surface area contributed by atoms with Gasteiger partial charge in [0.15, 0.2) is 11.6 Å². The monoisotopic (exact) mass is 348 g/mol. The summed E-state index contributed by atoms with van der Waals surface area (Å²) in [6.45, 7) is 9.76. The lowest BCUT2D eigenvalue weighted by molar-refractivity contribution is 0.179. The van der Waals surface area contributed by atoms with Crippen molar-refractivity contribution in [2.45, 2.75) is 32.8 Å². The number of methoxy groups -OCH3 is 1. The van der Waals surface area contributed by atoms with Gasteiger partial charge in [0.05, 0.1) is 5.69 Å². The first-order chi connectivity index (χ1) is 11.5. The molecule has 0 atom stereocenters. The molecule has 8 heteroatoms. The van der Waals surface area contributed by atoms with Crippen molar-refractivity contribution in [3.05, 3.63) is 23.7 Å². The topological polar surface area (TPSA) is 76.1 Å². The number of hydrogen-bond donors (Lipinski definition) is 1. The van der Waals surface area contributed by atoms with Crippen molar-refractivity contribution < 1.29 is 4.74 Å². The van der Waals surface area contributed by atoms with Gasteiger partial charge in [0, 0.05) is 49.6 Å². The van der Waals surface area contributed by atoms with E-state index in [0.717, 1.165) is 42.1 Å². The van der Waals surface area contributed by atoms with Crippen LogP contribution >= 0.6 is 11.5 Å². The van der Waals surface area contributed by atoms with Crippen LogP contribution in [0.2, 0.25) is 0 Å². The average molecular weight is 348 g/mol. The highest BCUT2D eigenvalue weighted by Gasteiger charge is 2.28. The van der Waals surface area contributed by atoms with Gasteiger partial charge in [0.1, 0.15) is 6.61 Å². The molecule has 2 aromatic rings. The predicted octanol–water partition coefficient (Wildman–Crippen LogP) is 2.32. The quantitative estimate of drug-likeness (QED) is 0.858. The summed E-state index contributed by atoms with van der Waals surface area (Å²) in [5.74, 6) is 2.27. The summed E-state index contributed by atoms with van der Waals surface area (Å²) in [4.78, 5) is 6.63. The molecular weight excluding hydrogens is 324 g/mol. The van der Waals surface area contributed by atoms with Gasteiger partial charge in [-0.1, -0.05) is 20.8 Å². The van der Waals surface area contributed by atoms with E-state index in [1.54, 1.807) is 7.11 Å². The normalized spacial score (nSPS) is 15.4. The second-order valence-corrected chi connectivity index (χ2v) is 7.88. The smallest absolute Gasteiger partial charge is 0.202 e. The largest absolute Gasteiger partial charge is 0.377 e. The van der Waals surface area contributed by atoms with E-state index >= 15 is 0 Å². The molecule has 0 amide bonds. The van der Waals surface area contributed by atoms with Crippen molar-refractivity contribution in [1.29, 1.82) is 0 Å². The van der Waals surface area contributed by atoms with E-state index in [2.05, 4.69) is 62.7 Å². The standard InChI is InChI=1S/C16H24N6OS/c1-16(2,3)12-5-6-14(20-19-12)22-8-11(9-22)7-17-15-18-13(10-23-4)21-24-15/h5-6,11H,7-10H2,1-4H3,(H,17,18,21). The van der Waals surface area contributed by atoms with Gasteiger partial charge >= 0.3 is 0 Å². The second-order valence-electron chi connectivity index (χ2n) is 7.13. The van der Waals surface area contributed by atoms with Crippen LogP contribution in [-0.4, -0.2) is 46.3 Å². The minimum atomic E-state index is 0.0380. The molecule has 0 saturated carbocycles. The van der Waals surface area contributed by atoms with Crippen molar-refractivity contribution in [2.24, 2.45) is 5.92 Å². The highest BCUT2D eigenvalue weighted by Crippen LogP contribution is 2.25.